The highest BCUT2D eigenvalue weighted by atomic mass is 16.5. The zero-order chi connectivity index (χ0) is 15.4. The maximum atomic E-state index is 12.3. The van der Waals surface area contributed by atoms with Gasteiger partial charge in [-0.1, -0.05) is 30.3 Å². The van der Waals surface area contributed by atoms with Crippen molar-refractivity contribution in [2.24, 2.45) is 0 Å². The highest BCUT2D eigenvalue weighted by Gasteiger charge is 2.40. The molecule has 2 atom stereocenters. The lowest BCUT2D eigenvalue weighted by Gasteiger charge is -2.21. The third kappa shape index (κ3) is 3.81. The van der Waals surface area contributed by atoms with E-state index in [1.165, 1.54) is 11.8 Å². The van der Waals surface area contributed by atoms with Crippen molar-refractivity contribution in [2.45, 2.75) is 31.9 Å². The number of esters is 1. The lowest BCUT2D eigenvalue weighted by Crippen LogP contribution is -2.41. The first-order valence-electron chi connectivity index (χ1n) is 6.71. The lowest BCUT2D eigenvalue weighted by molar-refractivity contribution is -0.148. The fourth-order valence-corrected chi connectivity index (χ4v) is 2.50. The molecule has 0 bridgehead atoms. The molecule has 0 saturated carbocycles. The minimum absolute atomic E-state index is 0.127. The summed E-state index contributed by atoms with van der Waals surface area (Å²) in [7, 11) is 0. The molecule has 1 aliphatic heterocycles. The van der Waals surface area contributed by atoms with Crippen molar-refractivity contribution in [1.29, 1.82) is 0 Å². The zero-order valence-electron chi connectivity index (χ0n) is 11.7. The Morgan fingerprint density at radius 2 is 1.95 bits per heavy atom. The van der Waals surface area contributed by atoms with Gasteiger partial charge in [0.15, 0.2) is 0 Å². The largest absolute Gasteiger partial charge is 0.480 e. The highest BCUT2D eigenvalue weighted by molar-refractivity contribution is 5.85. The van der Waals surface area contributed by atoms with Gasteiger partial charge in [0.2, 0.25) is 5.91 Å². The maximum Gasteiger partial charge on any atom is 0.326 e. The van der Waals surface area contributed by atoms with Gasteiger partial charge in [-0.25, -0.2) is 4.79 Å². The van der Waals surface area contributed by atoms with Crippen molar-refractivity contribution in [3.05, 3.63) is 35.9 Å². The molecule has 1 fully saturated rings. The van der Waals surface area contributed by atoms with E-state index in [-0.39, 0.29) is 25.3 Å². The summed E-state index contributed by atoms with van der Waals surface area (Å²) in [5.41, 5.74) is 0.822. The Bertz CT molecular complexity index is 542. The Labute approximate surface area is 122 Å². The monoisotopic (exact) mass is 291 g/mol. The smallest absolute Gasteiger partial charge is 0.326 e. The van der Waals surface area contributed by atoms with Gasteiger partial charge < -0.3 is 14.7 Å². The average molecular weight is 291 g/mol. The van der Waals surface area contributed by atoms with Gasteiger partial charge in [0.1, 0.15) is 12.1 Å². The Morgan fingerprint density at radius 1 is 1.29 bits per heavy atom. The number of carboxylic acids is 1. The predicted octanol–water partition coefficient (Wildman–Crippen LogP) is 0.846. The number of ether oxygens (including phenoxy) is 1. The Balaban J connectivity index is 2.06. The number of carbonyl (C=O) groups is 3. The van der Waals surface area contributed by atoms with Gasteiger partial charge in [0.05, 0.1) is 13.0 Å². The summed E-state index contributed by atoms with van der Waals surface area (Å²) in [5, 5.41) is 9.22. The van der Waals surface area contributed by atoms with Crippen LogP contribution in [-0.4, -0.2) is 46.5 Å². The third-order valence-corrected chi connectivity index (χ3v) is 3.40. The van der Waals surface area contributed by atoms with E-state index in [4.69, 9.17) is 4.74 Å². The molecule has 0 aliphatic carbocycles. The summed E-state index contributed by atoms with van der Waals surface area (Å²) in [5.74, 6) is -1.82. The second-order valence-electron chi connectivity index (χ2n) is 5.03. The molecule has 6 heteroatoms. The molecule has 0 spiro atoms. The summed E-state index contributed by atoms with van der Waals surface area (Å²) in [6.45, 7) is 1.40. The second kappa shape index (κ2) is 6.39. The van der Waals surface area contributed by atoms with Crippen LogP contribution in [0, 0.1) is 0 Å². The van der Waals surface area contributed by atoms with Crippen LogP contribution in [0.1, 0.15) is 18.9 Å². The summed E-state index contributed by atoms with van der Waals surface area (Å²) in [4.78, 5) is 35.8. The molecule has 6 nitrogen and oxygen atoms in total. The van der Waals surface area contributed by atoms with E-state index in [1.807, 2.05) is 30.3 Å². The molecule has 1 aromatic carbocycles. The summed E-state index contributed by atoms with van der Waals surface area (Å²) >= 11 is 0. The number of likely N-dealkylation sites (tertiary alicyclic amines) is 1. The van der Waals surface area contributed by atoms with Crippen LogP contribution in [0.3, 0.4) is 0 Å². The summed E-state index contributed by atoms with van der Waals surface area (Å²) in [6.07, 6.45) is -0.282. The van der Waals surface area contributed by atoms with Crippen molar-refractivity contribution in [3.63, 3.8) is 0 Å². The molecule has 1 amide bonds. The van der Waals surface area contributed by atoms with Crippen LogP contribution < -0.4 is 0 Å². The summed E-state index contributed by atoms with van der Waals surface area (Å²) < 4.78 is 5.03. The normalized spacial score (nSPS) is 21.1. The molecule has 0 unspecified atom stereocenters. The number of rotatable bonds is 4. The van der Waals surface area contributed by atoms with E-state index in [9.17, 15) is 19.5 Å². The predicted molar refractivity (Wildman–Crippen MR) is 73.5 cm³/mol. The molecule has 1 aromatic rings. The van der Waals surface area contributed by atoms with Crippen molar-refractivity contribution in [1.82, 2.24) is 4.90 Å². The van der Waals surface area contributed by atoms with Gasteiger partial charge in [-0.3, -0.25) is 9.59 Å². The van der Waals surface area contributed by atoms with Crippen LogP contribution in [0.5, 0.6) is 0 Å². The molecular weight excluding hydrogens is 274 g/mol. The van der Waals surface area contributed by atoms with Crippen molar-refractivity contribution in [2.75, 3.05) is 6.54 Å². The van der Waals surface area contributed by atoms with Gasteiger partial charge in [-0.05, 0) is 5.56 Å². The Kier molecular flexibility index (Phi) is 4.57. The van der Waals surface area contributed by atoms with Crippen LogP contribution >= 0.6 is 0 Å². The first-order valence-corrected chi connectivity index (χ1v) is 6.71. The topological polar surface area (TPSA) is 83.9 Å². The minimum Gasteiger partial charge on any atom is -0.480 e. The van der Waals surface area contributed by atoms with E-state index in [1.54, 1.807) is 0 Å². The van der Waals surface area contributed by atoms with Crippen LogP contribution in [0.2, 0.25) is 0 Å². The molecule has 0 aromatic heterocycles. The third-order valence-electron chi connectivity index (χ3n) is 3.40. The standard InChI is InChI=1S/C15H17NO5/c1-10(17)21-12-8-13(15(19)20)16(9-12)14(18)7-11-5-3-2-4-6-11/h2-6,12-13H,7-9H2,1H3,(H,19,20)/t12-,13+/m1/s1. The quantitative estimate of drug-likeness (QED) is 0.831. The van der Waals surface area contributed by atoms with E-state index >= 15 is 0 Å². The zero-order valence-corrected chi connectivity index (χ0v) is 11.7. The Hall–Kier alpha value is -2.37. The van der Waals surface area contributed by atoms with Crippen molar-refractivity contribution >= 4 is 17.8 Å². The first kappa shape index (κ1) is 15.0. The number of aliphatic carboxylic acids is 1. The van der Waals surface area contributed by atoms with E-state index in [0.717, 1.165) is 5.56 Å². The number of benzene rings is 1. The molecule has 1 N–H and O–H groups in total. The van der Waals surface area contributed by atoms with Crippen molar-refractivity contribution in [3.8, 4) is 0 Å². The van der Waals surface area contributed by atoms with Gasteiger partial charge in [0.25, 0.3) is 0 Å². The summed E-state index contributed by atoms with van der Waals surface area (Å²) in [6, 6.07) is 8.18. The van der Waals surface area contributed by atoms with E-state index in [0.29, 0.717) is 0 Å². The van der Waals surface area contributed by atoms with Crippen LogP contribution in [0.4, 0.5) is 0 Å². The second-order valence-corrected chi connectivity index (χ2v) is 5.03. The fourth-order valence-electron chi connectivity index (χ4n) is 2.50. The molecule has 1 aliphatic rings. The van der Waals surface area contributed by atoms with Crippen LogP contribution in [0.15, 0.2) is 30.3 Å². The molecule has 112 valence electrons. The van der Waals surface area contributed by atoms with Crippen LogP contribution in [-0.2, 0) is 25.5 Å². The van der Waals surface area contributed by atoms with Gasteiger partial charge in [-0.2, -0.15) is 0 Å². The number of nitrogens with zero attached hydrogens (tertiary/aromatic N) is 1. The van der Waals surface area contributed by atoms with Crippen LogP contribution in [0.25, 0.3) is 0 Å². The number of carbonyl (C=O) groups excluding carboxylic acids is 2. The fraction of sp³-hybridized carbons (Fsp3) is 0.400. The van der Waals surface area contributed by atoms with Gasteiger partial charge in [0, 0.05) is 13.3 Å². The molecule has 0 radical (unpaired) electrons. The molecule has 21 heavy (non-hydrogen) atoms. The first-order chi connectivity index (χ1) is 9.97. The Morgan fingerprint density at radius 3 is 2.52 bits per heavy atom. The lowest BCUT2D eigenvalue weighted by atomic mass is 10.1. The molecule has 1 heterocycles. The van der Waals surface area contributed by atoms with E-state index < -0.39 is 24.1 Å². The number of carboxylic acid groups (broad SMARTS) is 1. The molecule has 1 saturated heterocycles. The molecular formula is C15H17NO5. The van der Waals surface area contributed by atoms with Crippen molar-refractivity contribution < 1.29 is 24.2 Å². The SMILES string of the molecule is CC(=O)O[C@@H]1C[C@@H](C(=O)O)N(C(=O)Cc2ccccc2)C1. The van der Waals surface area contributed by atoms with Gasteiger partial charge in [-0.15, -0.1) is 0 Å². The molecule has 2 rings (SSSR count). The number of hydrogen-bond donors (Lipinski definition) is 1. The highest BCUT2D eigenvalue weighted by Crippen LogP contribution is 2.22. The maximum absolute atomic E-state index is 12.3. The van der Waals surface area contributed by atoms with E-state index in [2.05, 4.69) is 0 Å². The minimum atomic E-state index is -1.08. The number of hydrogen-bond acceptors (Lipinski definition) is 4. The van der Waals surface area contributed by atoms with Gasteiger partial charge >= 0.3 is 11.9 Å². The average Bonchev–Trinajstić information content (AvgIpc) is 2.83. The number of amides is 1.